The first-order chi connectivity index (χ1) is 6.36. The Labute approximate surface area is 81.0 Å². The molecule has 0 bridgehead atoms. The SMILES string of the molecule is CNCC1CCC(C=CCO)CC1. The Morgan fingerprint density at radius 1 is 1.31 bits per heavy atom. The molecule has 0 heterocycles. The van der Waals surface area contributed by atoms with Crippen LogP contribution in [0.5, 0.6) is 0 Å². The van der Waals surface area contributed by atoms with Crippen LogP contribution in [0, 0.1) is 11.8 Å². The van der Waals surface area contributed by atoms with E-state index in [0.29, 0.717) is 0 Å². The molecule has 1 saturated carbocycles. The van der Waals surface area contributed by atoms with E-state index in [1.54, 1.807) is 0 Å². The molecule has 13 heavy (non-hydrogen) atoms. The molecule has 0 atom stereocenters. The van der Waals surface area contributed by atoms with Crippen molar-refractivity contribution in [3.05, 3.63) is 12.2 Å². The molecular weight excluding hydrogens is 162 g/mol. The maximum Gasteiger partial charge on any atom is 0.0612 e. The molecular formula is C11H21NO. The second-order valence-electron chi connectivity index (χ2n) is 3.95. The van der Waals surface area contributed by atoms with Crippen molar-refractivity contribution in [3.63, 3.8) is 0 Å². The van der Waals surface area contributed by atoms with E-state index < -0.39 is 0 Å². The van der Waals surface area contributed by atoms with Crippen LogP contribution in [0.2, 0.25) is 0 Å². The lowest BCUT2D eigenvalue weighted by molar-refractivity contribution is 0.302. The molecule has 2 N–H and O–H groups in total. The van der Waals surface area contributed by atoms with Gasteiger partial charge in [0.1, 0.15) is 0 Å². The molecule has 76 valence electrons. The van der Waals surface area contributed by atoms with Crippen molar-refractivity contribution in [1.29, 1.82) is 0 Å². The summed E-state index contributed by atoms with van der Waals surface area (Å²) in [4.78, 5) is 0. The van der Waals surface area contributed by atoms with Crippen molar-refractivity contribution in [2.75, 3.05) is 20.2 Å². The van der Waals surface area contributed by atoms with Gasteiger partial charge in [0.25, 0.3) is 0 Å². The van der Waals surface area contributed by atoms with E-state index in [-0.39, 0.29) is 6.61 Å². The molecule has 1 aliphatic rings. The van der Waals surface area contributed by atoms with Gasteiger partial charge in [0.05, 0.1) is 6.61 Å². The van der Waals surface area contributed by atoms with Gasteiger partial charge in [0, 0.05) is 0 Å². The molecule has 2 nitrogen and oxygen atoms in total. The van der Waals surface area contributed by atoms with E-state index in [0.717, 1.165) is 18.4 Å². The third-order valence-corrected chi connectivity index (χ3v) is 2.90. The average Bonchev–Trinajstić information content (AvgIpc) is 2.17. The minimum Gasteiger partial charge on any atom is -0.392 e. The lowest BCUT2D eigenvalue weighted by Gasteiger charge is -2.26. The Morgan fingerprint density at radius 3 is 2.54 bits per heavy atom. The third kappa shape index (κ3) is 3.92. The molecule has 0 aromatic carbocycles. The summed E-state index contributed by atoms with van der Waals surface area (Å²) < 4.78 is 0. The van der Waals surface area contributed by atoms with E-state index in [1.807, 2.05) is 13.1 Å². The highest BCUT2D eigenvalue weighted by atomic mass is 16.2. The molecule has 0 aliphatic heterocycles. The summed E-state index contributed by atoms with van der Waals surface area (Å²) in [5, 5.41) is 11.9. The van der Waals surface area contributed by atoms with Crippen molar-refractivity contribution in [2.45, 2.75) is 25.7 Å². The largest absolute Gasteiger partial charge is 0.392 e. The van der Waals surface area contributed by atoms with Crippen LogP contribution in [0.1, 0.15) is 25.7 Å². The number of hydrogen-bond acceptors (Lipinski definition) is 2. The molecule has 0 amide bonds. The number of rotatable bonds is 4. The number of aliphatic hydroxyl groups is 1. The molecule has 1 aliphatic carbocycles. The van der Waals surface area contributed by atoms with Crippen LogP contribution >= 0.6 is 0 Å². The van der Waals surface area contributed by atoms with Crippen molar-refractivity contribution >= 4 is 0 Å². The summed E-state index contributed by atoms with van der Waals surface area (Å²) in [6.07, 6.45) is 9.31. The zero-order valence-corrected chi connectivity index (χ0v) is 8.50. The fourth-order valence-electron chi connectivity index (χ4n) is 2.13. The Morgan fingerprint density at radius 2 is 2.00 bits per heavy atom. The summed E-state index contributed by atoms with van der Waals surface area (Å²) in [5.41, 5.74) is 0. The van der Waals surface area contributed by atoms with Crippen LogP contribution < -0.4 is 5.32 Å². The smallest absolute Gasteiger partial charge is 0.0612 e. The predicted octanol–water partition coefficient (Wildman–Crippen LogP) is 1.56. The van der Waals surface area contributed by atoms with Crippen molar-refractivity contribution in [3.8, 4) is 0 Å². The topological polar surface area (TPSA) is 32.3 Å². The predicted molar refractivity (Wildman–Crippen MR) is 55.6 cm³/mol. The summed E-state index contributed by atoms with van der Waals surface area (Å²) in [6, 6.07) is 0. The van der Waals surface area contributed by atoms with Gasteiger partial charge < -0.3 is 10.4 Å². The number of allylic oxidation sites excluding steroid dienone is 1. The third-order valence-electron chi connectivity index (χ3n) is 2.90. The van der Waals surface area contributed by atoms with Crippen LogP contribution in [-0.4, -0.2) is 25.3 Å². The zero-order chi connectivity index (χ0) is 9.52. The molecule has 0 spiro atoms. The van der Waals surface area contributed by atoms with Gasteiger partial charge in [0.2, 0.25) is 0 Å². The van der Waals surface area contributed by atoms with Gasteiger partial charge in [-0.15, -0.1) is 0 Å². The van der Waals surface area contributed by atoms with Crippen LogP contribution in [0.3, 0.4) is 0 Å². The highest BCUT2D eigenvalue weighted by Gasteiger charge is 2.18. The molecule has 0 saturated heterocycles. The zero-order valence-electron chi connectivity index (χ0n) is 8.50. The van der Waals surface area contributed by atoms with E-state index in [2.05, 4.69) is 11.4 Å². The Balaban J connectivity index is 2.18. The average molecular weight is 183 g/mol. The number of nitrogens with one attached hydrogen (secondary N) is 1. The first-order valence-corrected chi connectivity index (χ1v) is 5.29. The van der Waals surface area contributed by atoms with Gasteiger partial charge in [-0.3, -0.25) is 0 Å². The maximum absolute atomic E-state index is 8.64. The molecule has 2 heteroatoms. The molecule has 0 aromatic heterocycles. The highest BCUT2D eigenvalue weighted by molar-refractivity contribution is 4.90. The standard InChI is InChI=1S/C11H21NO/c1-12-9-11-6-4-10(5-7-11)3-2-8-13/h2-3,10-13H,4-9H2,1H3. The summed E-state index contributed by atoms with van der Waals surface area (Å²) >= 11 is 0. The first kappa shape index (κ1) is 10.7. The Kier molecular flexibility index (Phi) is 5.09. The Bertz CT molecular complexity index is 148. The van der Waals surface area contributed by atoms with E-state index in [1.165, 1.54) is 25.7 Å². The summed E-state index contributed by atoms with van der Waals surface area (Å²) in [5.74, 6) is 1.60. The van der Waals surface area contributed by atoms with Gasteiger partial charge in [-0.1, -0.05) is 12.2 Å². The van der Waals surface area contributed by atoms with Gasteiger partial charge in [-0.25, -0.2) is 0 Å². The van der Waals surface area contributed by atoms with Gasteiger partial charge >= 0.3 is 0 Å². The maximum atomic E-state index is 8.64. The van der Waals surface area contributed by atoms with Crippen LogP contribution in [0.4, 0.5) is 0 Å². The highest BCUT2D eigenvalue weighted by Crippen LogP contribution is 2.28. The fraction of sp³-hybridized carbons (Fsp3) is 0.818. The number of aliphatic hydroxyl groups excluding tert-OH is 1. The van der Waals surface area contributed by atoms with Crippen LogP contribution in [-0.2, 0) is 0 Å². The minimum absolute atomic E-state index is 0.191. The van der Waals surface area contributed by atoms with Crippen molar-refractivity contribution < 1.29 is 5.11 Å². The molecule has 1 fully saturated rings. The van der Waals surface area contributed by atoms with Crippen molar-refractivity contribution in [1.82, 2.24) is 5.32 Å². The second-order valence-corrected chi connectivity index (χ2v) is 3.95. The van der Waals surface area contributed by atoms with Crippen LogP contribution in [0.15, 0.2) is 12.2 Å². The van der Waals surface area contributed by atoms with Gasteiger partial charge in [-0.05, 0) is 51.1 Å². The lowest BCUT2D eigenvalue weighted by atomic mass is 9.82. The molecule has 0 aromatic rings. The fourth-order valence-corrected chi connectivity index (χ4v) is 2.13. The molecule has 0 unspecified atom stereocenters. The molecule has 0 radical (unpaired) electrons. The Hall–Kier alpha value is -0.340. The number of hydrogen-bond donors (Lipinski definition) is 2. The lowest BCUT2D eigenvalue weighted by Crippen LogP contribution is -2.23. The summed E-state index contributed by atoms with van der Waals surface area (Å²) in [7, 11) is 2.03. The van der Waals surface area contributed by atoms with Gasteiger partial charge in [-0.2, -0.15) is 0 Å². The normalized spacial score (nSPS) is 29.7. The van der Waals surface area contributed by atoms with Crippen molar-refractivity contribution in [2.24, 2.45) is 11.8 Å². The monoisotopic (exact) mass is 183 g/mol. The summed E-state index contributed by atoms with van der Waals surface area (Å²) in [6.45, 7) is 1.35. The van der Waals surface area contributed by atoms with Gasteiger partial charge in [0.15, 0.2) is 0 Å². The van der Waals surface area contributed by atoms with E-state index in [4.69, 9.17) is 5.11 Å². The quantitative estimate of drug-likeness (QED) is 0.648. The second kappa shape index (κ2) is 6.17. The molecule has 1 rings (SSSR count). The van der Waals surface area contributed by atoms with Crippen LogP contribution in [0.25, 0.3) is 0 Å². The first-order valence-electron chi connectivity index (χ1n) is 5.29. The van der Waals surface area contributed by atoms with E-state index in [9.17, 15) is 0 Å². The van der Waals surface area contributed by atoms with E-state index >= 15 is 0 Å². The minimum atomic E-state index is 0.191.